The van der Waals surface area contributed by atoms with Gasteiger partial charge in [-0.05, 0) is 6.42 Å². The molecule has 0 aromatic heterocycles. The highest BCUT2D eigenvalue weighted by Gasteiger charge is 2.12. The Bertz CT molecular complexity index is 267. The Hall–Kier alpha value is -0.0100. The van der Waals surface area contributed by atoms with E-state index in [1.54, 1.807) is 0 Å². The zero-order valence-corrected chi connectivity index (χ0v) is 15.2. The molecule has 0 unspecified atom stereocenters. The van der Waals surface area contributed by atoms with Crippen molar-refractivity contribution in [2.45, 2.75) is 77.2 Å². The van der Waals surface area contributed by atoms with Crippen molar-refractivity contribution in [2.24, 2.45) is 0 Å². The standard InChI is InChI=1S/C12H27O4P.C3H8O3/c1-2-3-4-5-6-7-8-9-10-11-12-16-17(13,14)15;4-1-3(6)2-5/h2-12H2,1H3,(H2,13,14,15);3-6H,1-2H2. The zero-order chi connectivity index (χ0) is 18.0. The minimum absolute atomic E-state index is 0.167. The third kappa shape index (κ3) is 27.2. The Labute approximate surface area is 139 Å². The molecule has 7 nitrogen and oxygen atoms in total. The Morgan fingerprint density at radius 1 is 0.826 bits per heavy atom. The summed E-state index contributed by atoms with van der Waals surface area (Å²) in [4.78, 5) is 16.9. The van der Waals surface area contributed by atoms with E-state index in [4.69, 9.17) is 25.1 Å². The predicted octanol–water partition coefficient (Wildman–Crippen LogP) is 2.35. The molecule has 0 saturated heterocycles. The number of unbranched alkanes of at least 4 members (excludes halogenated alkanes) is 9. The Kier molecular flexibility index (Phi) is 20.1. The van der Waals surface area contributed by atoms with E-state index < -0.39 is 13.9 Å². The van der Waals surface area contributed by atoms with Gasteiger partial charge in [-0.3, -0.25) is 4.52 Å². The van der Waals surface area contributed by atoms with Crippen molar-refractivity contribution >= 4 is 7.82 Å². The fourth-order valence-corrected chi connectivity index (χ4v) is 2.20. The molecule has 0 aliphatic carbocycles. The zero-order valence-electron chi connectivity index (χ0n) is 14.3. The van der Waals surface area contributed by atoms with Crippen LogP contribution in [0.15, 0.2) is 0 Å². The molecule has 0 aromatic carbocycles. The maximum absolute atomic E-state index is 10.4. The average Bonchev–Trinajstić information content (AvgIpc) is 2.51. The van der Waals surface area contributed by atoms with Crippen molar-refractivity contribution in [1.29, 1.82) is 0 Å². The second-order valence-electron chi connectivity index (χ2n) is 5.52. The fourth-order valence-electron chi connectivity index (χ4n) is 1.83. The van der Waals surface area contributed by atoms with E-state index in [2.05, 4.69) is 11.4 Å². The fraction of sp³-hybridized carbons (Fsp3) is 1.00. The summed E-state index contributed by atoms with van der Waals surface area (Å²) in [6.07, 6.45) is 11.1. The highest BCUT2D eigenvalue weighted by molar-refractivity contribution is 7.46. The molecule has 0 aliphatic heterocycles. The van der Waals surface area contributed by atoms with E-state index in [-0.39, 0.29) is 19.8 Å². The molecule has 0 fully saturated rings. The van der Waals surface area contributed by atoms with Gasteiger partial charge in [-0.15, -0.1) is 0 Å². The van der Waals surface area contributed by atoms with E-state index in [0.29, 0.717) is 0 Å². The summed E-state index contributed by atoms with van der Waals surface area (Å²) in [7, 11) is -4.24. The highest BCUT2D eigenvalue weighted by Crippen LogP contribution is 2.35. The molecular weight excluding hydrogens is 323 g/mol. The molecule has 0 saturated carbocycles. The van der Waals surface area contributed by atoms with Crippen molar-refractivity contribution in [3.63, 3.8) is 0 Å². The highest BCUT2D eigenvalue weighted by atomic mass is 31.2. The van der Waals surface area contributed by atoms with Gasteiger partial charge in [0.05, 0.1) is 19.8 Å². The molecule has 0 heterocycles. The van der Waals surface area contributed by atoms with Gasteiger partial charge in [-0.25, -0.2) is 4.57 Å². The van der Waals surface area contributed by atoms with Gasteiger partial charge >= 0.3 is 7.82 Å². The van der Waals surface area contributed by atoms with Crippen LogP contribution in [0.25, 0.3) is 0 Å². The van der Waals surface area contributed by atoms with Gasteiger partial charge in [0.15, 0.2) is 0 Å². The number of phosphoric ester groups is 1. The minimum atomic E-state index is -4.24. The van der Waals surface area contributed by atoms with Crippen LogP contribution in [0, 0.1) is 0 Å². The van der Waals surface area contributed by atoms with Crippen molar-refractivity contribution in [3.05, 3.63) is 0 Å². The van der Waals surface area contributed by atoms with Crippen molar-refractivity contribution < 1.29 is 34.2 Å². The number of rotatable bonds is 14. The van der Waals surface area contributed by atoms with Crippen LogP contribution in [0.1, 0.15) is 71.1 Å². The van der Waals surface area contributed by atoms with Crippen molar-refractivity contribution in [2.75, 3.05) is 19.8 Å². The summed E-state index contributed by atoms with van der Waals surface area (Å²) in [6, 6.07) is 0. The number of hydrogen-bond donors (Lipinski definition) is 5. The van der Waals surface area contributed by atoms with Gasteiger partial charge in [0.25, 0.3) is 0 Å². The molecule has 0 rings (SSSR count). The lowest BCUT2D eigenvalue weighted by Crippen LogP contribution is -2.15. The average molecular weight is 358 g/mol. The Balaban J connectivity index is 0. The first-order valence-corrected chi connectivity index (χ1v) is 10.00. The second kappa shape index (κ2) is 18.3. The molecule has 5 N–H and O–H groups in total. The predicted molar refractivity (Wildman–Crippen MR) is 90.0 cm³/mol. The van der Waals surface area contributed by atoms with Crippen LogP contribution < -0.4 is 0 Å². The van der Waals surface area contributed by atoms with Crippen LogP contribution in [-0.4, -0.2) is 51.0 Å². The van der Waals surface area contributed by atoms with E-state index in [1.165, 1.54) is 44.9 Å². The Morgan fingerprint density at radius 3 is 1.52 bits per heavy atom. The third-order valence-electron chi connectivity index (χ3n) is 3.18. The molecule has 142 valence electrons. The van der Waals surface area contributed by atoms with Crippen LogP contribution in [0.2, 0.25) is 0 Å². The van der Waals surface area contributed by atoms with Gasteiger partial charge in [0, 0.05) is 0 Å². The third-order valence-corrected chi connectivity index (χ3v) is 3.70. The lowest BCUT2D eigenvalue weighted by Gasteiger charge is -2.05. The number of aliphatic hydroxyl groups excluding tert-OH is 3. The molecule has 0 aliphatic rings. The summed E-state index contributed by atoms with van der Waals surface area (Å²) in [5, 5.41) is 24.0. The molecule has 23 heavy (non-hydrogen) atoms. The first-order valence-electron chi connectivity index (χ1n) is 8.47. The molecule has 0 bridgehead atoms. The summed E-state index contributed by atoms with van der Waals surface area (Å²) < 4.78 is 14.7. The summed E-state index contributed by atoms with van der Waals surface area (Å²) in [5.74, 6) is 0. The van der Waals surface area contributed by atoms with E-state index in [0.717, 1.165) is 19.3 Å². The van der Waals surface area contributed by atoms with E-state index in [9.17, 15) is 4.57 Å². The van der Waals surface area contributed by atoms with Crippen LogP contribution >= 0.6 is 7.82 Å². The molecule has 0 aromatic rings. The van der Waals surface area contributed by atoms with Crippen LogP contribution in [0.3, 0.4) is 0 Å². The minimum Gasteiger partial charge on any atom is -0.394 e. The normalized spacial score (nSPS) is 11.4. The molecule has 0 spiro atoms. The number of hydrogen-bond acceptors (Lipinski definition) is 5. The van der Waals surface area contributed by atoms with Crippen molar-refractivity contribution in [3.8, 4) is 0 Å². The van der Waals surface area contributed by atoms with E-state index in [1.807, 2.05) is 0 Å². The molecule has 0 atom stereocenters. The first-order chi connectivity index (χ1) is 10.9. The smallest absolute Gasteiger partial charge is 0.394 e. The van der Waals surface area contributed by atoms with Crippen LogP contribution in [-0.2, 0) is 9.09 Å². The van der Waals surface area contributed by atoms with Crippen LogP contribution in [0.5, 0.6) is 0 Å². The van der Waals surface area contributed by atoms with Gasteiger partial charge in [-0.2, -0.15) is 0 Å². The summed E-state index contributed by atoms with van der Waals surface area (Å²) >= 11 is 0. The molecule has 0 amide bonds. The number of phosphoric acid groups is 1. The van der Waals surface area contributed by atoms with Gasteiger partial charge in [-0.1, -0.05) is 64.7 Å². The van der Waals surface area contributed by atoms with Gasteiger partial charge < -0.3 is 25.1 Å². The van der Waals surface area contributed by atoms with Crippen LogP contribution in [0.4, 0.5) is 0 Å². The lowest BCUT2D eigenvalue weighted by atomic mass is 10.1. The largest absolute Gasteiger partial charge is 0.469 e. The van der Waals surface area contributed by atoms with Gasteiger partial charge in [0.2, 0.25) is 0 Å². The summed E-state index contributed by atoms with van der Waals surface area (Å²) in [5.41, 5.74) is 0. The second-order valence-corrected chi connectivity index (χ2v) is 6.76. The first kappa shape index (κ1) is 25.2. The molecular formula is C15H35O7P. The maximum Gasteiger partial charge on any atom is 0.469 e. The molecule has 8 heteroatoms. The number of aliphatic hydroxyl groups is 3. The monoisotopic (exact) mass is 358 g/mol. The Morgan fingerprint density at radius 2 is 1.22 bits per heavy atom. The van der Waals surface area contributed by atoms with Crippen molar-refractivity contribution in [1.82, 2.24) is 0 Å². The van der Waals surface area contributed by atoms with Gasteiger partial charge in [0.1, 0.15) is 6.10 Å². The SMILES string of the molecule is CCCCCCCCCCCCOP(=O)(O)O.OCC(O)CO. The lowest BCUT2D eigenvalue weighted by molar-refractivity contribution is 0.0450. The van der Waals surface area contributed by atoms with E-state index >= 15 is 0 Å². The summed E-state index contributed by atoms with van der Waals surface area (Å²) in [6.45, 7) is 1.66. The maximum atomic E-state index is 10.4. The molecule has 0 radical (unpaired) electrons. The topological polar surface area (TPSA) is 127 Å². The quantitative estimate of drug-likeness (QED) is 0.238.